The van der Waals surface area contributed by atoms with Crippen LogP contribution >= 0.6 is 0 Å². The first-order valence-electron chi connectivity index (χ1n) is 8.03. The van der Waals surface area contributed by atoms with E-state index in [1.165, 1.54) is 6.26 Å². The van der Waals surface area contributed by atoms with Gasteiger partial charge in [-0.1, -0.05) is 12.1 Å². The average molecular weight is 344 g/mol. The van der Waals surface area contributed by atoms with Crippen LogP contribution in [0.4, 0.5) is 0 Å². The van der Waals surface area contributed by atoms with Crippen molar-refractivity contribution < 1.29 is 13.9 Å². The van der Waals surface area contributed by atoms with Crippen LogP contribution in [0.3, 0.4) is 0 Å². The third kappa shape index (κ3) is 5.56. The van der Waals surface area contributed by atoms with Crippen LogP contribution in [0.2, 0.25) is 0 Å². The van der Waals surface area contributed by atoms with E-state index in [-0.39, 0.29) is 5.91 Å². The number of carbonyl (C=O) groups excluding carboxylic acids is 1. The lowest BCUT2D eigenvalue weighted by molar-refractivity contribution is 0.0926. The molecular weight excluding hydrogens is 320 g/mol. The van der Waals surface area contributed by atoms with E-state index >= 15 is 0 Å². The zero-order chi connectivity index (χ0) is 18.1. The Hall–Kier alpha value is -2.96. The van der Waals surface area contributed by atoms with E-state index in [0.717, 1.165) is 16.9 Å². The molecule has 0 unspecified atom stereocenters. The summed E-state index contributed by atoms with van der Waals surface area (Å²) in [7, 11) is 3.36. The van der Waals surface area contributed by atoms with E-state index < -0.39 is 0 Å². The summed E-state index contributed by atoms with van der Waals surface area (Å²) in [6.07, 6.45) is 1.47. The summed E-state index contributed by atoms with van der Waals surface area (Å²) in [5.41, 5.74) is 2.19. The van der Waals surface area contributed by atoms with Gasteiger partial charge in [0.25, 0.3) is 5.91 Å². The van der Waals surface area contributed by atoms with Crippen molar-refractivity contribution in [2.24, 2.45) is 4.99 Å². The molecule has 0 aliphatic carbocycles. The molecule has 1 amide bonds. The minimum absolute atomic E-state index is 0.237. The van der Waals surface area contributed by atoms with Crippen molar-refractivity contribution in [2.75, 3.05) is 27.2 Å². The molecule has 0 aliphatic rings. The Morgan fingerprint density at radius 2 is 2.00 bits per heavy atom. The minimum Gasteiger partial charge on any atom is -0.496 e. The smallest absolute Gasteiger partial charge is 0.287 e. The lowest BCUT2D eigenvalue weighted by Crippen LogP contribution is -2.41. The zero-order valence-electron chi connectivity index (χ0n) is 14.8. The summed E-state index contributed by atoms with van der Waals surface area (Å²) in [5, 5.41) is 9.13. The van der Waals surface area contributed by atoms with Gasteiger partial charge in [-0.05, 0) is 30.7 Å². The van der Waals surface area contributed by atoms with Gasteiger partial charge < -0.3 is 25.1 Å². The number of nitrogens with zero attached hydrogens (tertiary/aromatic N) is 1. The van der Waals surface area contributed by atoms with Crippen molar-refractivity contribution in [3.8, 4) is 5.75 Å². The Morgan fingerprint density at radius 1 is 1.20 bits per heavy atom. The molecule has 2 rings (SSSR count). The lowest BCUT2D eigenvalue weighted by atomic mass is 10.1. The molecular formula is C18H24N4O3. The van der Waals surface area contributed by atoms with Crippen molar-refractivity contribution in [1.29, 1.82) is 0 Å². The fourth-order valence-corrected chi connectivity index (χ4v) is 2.25. The second kappa shape index (κ2) is 9.36. The van der Waals surface area contributed by atoms with Crippen LogP contribution in [0.25, 0.3) is 0 Å². The summed E-state index contributed by atoms with van der Waals surface area (Å²) >= 11 is 0. The Kier molecular flexibility index (Phi) is 6.88. The quantitative estimate of drug-likeness (QED) is 0.404. The number of hydrogen-bond donors (Lipinski definition) is 3. The van der Waals surface area contributed by atoms with Gasteiger partial charge in [0.1, 0.15) is 5.75 Å². The Morgan fingerprint density at radius 3 is 2.68 bits per heavy atom. The first kappa shape index (κ1) is 18.4. The number of nitrogens with one attached hydrogen (secondary N) is 3. The number of ether oxygens (including phenoxy) is 1. The topological polar surface area (TPSA) is 87.9 Å². The summed E-state index contributed by atoms with van der Waals surface area (Å²) in [6.45, 7) is 3.60. The van der Waals surface area contributed by atoms with E-state index in [2.05, 4.69) is 20.9 Å². The molecule has 1 heterocycles. The minimum atomic E-state index is -0.237. The van der Waals surface area contributed by atoms with E-state index in [1.807, 2.05) is 25.1 Å². The predicted octanol–water partition coefficient (Wildman–Crippen LogP) is 1.69. The van der Waals surface area contributed by atoms with Gasteiger partial charge in [0.15, 0.2) is 11.7 Å². The highest BCUT2D eigenvalue weighted by atomic mass is 16.5. The van der Waals surface area contributed by atoms with Gasteiger partial charge >= 0.3 is 0 Å². The Bertz CT molecular complexity index is 711. The lowest BCUT2D eigenvalue weighted by Gasteiger charge is -2.14. The molecule has 7 nitrogen and oxygen atoms in total. The standard InChI is InChI=1S/C18H24N4O3/c1-13-6-7-14(16(11-13)24-3)12-22-18(19-2)21-9-8-20-17(23)15-5-4-10-25-15/h4-7,10-11H,8-9,12H2,1-3H3,(H,20,23)(H2,19,21,22). The third-order valence-corrected chi connectivity index (χ3v) is 3.56. The summed E-state index contributed by atoms with van der Waals surface area (Å²) < 4.78 is 10.4. The fourth-order valence-electron chi connectivity index (χ4n) is 2.25. The number of guanidine groups is 1. The van der Waals surface area contributed by atoms with Crippen LogP contribution in [0.15, 0.2) is 46.0 Å². The monoisotopic (exact) mass is 344 g/mol. The van der Waals surface area contributed by atoms with Gasteiger partial charge in [-0.3, -0.25) is 9.79 Å². The Labute approximate surface area is 147 Å². The van der Waals surface area contributed by atoms with Crippen molar-refractivity contribution in [1.82, 2.24) is 16.0 Å². The highest BCUT2D eigenvalue weighted by molar-refractivity contribution is 5.91. The van der Waals surface area contributed by atoms with Crippen LogP contribution in [-0.2, 0) is 6.54 Å². The number of rotatable bonds is 7. The number of hydrogen-bond acceptors (Lipinski definition) is 4. The first-order chi connectivity index (χ1) is 12.1. The van der Waals surface area contributed by atoms with Crippen LogP contribution < -0.4 is 20.7 Å². The van der Waals surface area contributed by atoms with Crippen LogP contribution in [-0.4, -0.2) is 39.1 Å². The van der Waals surface area contributed by atoms with E-state index in [9.17, 15) is 4.79 Å². The van der Waals surface area contributed by atoms with Gasteiger partial charge in [0.05, 0.1) is 13.4 Å². The second-order valence-electron chi connectivity index (χ2n) is 5.40. The second-order valence-corrected chi connectivity index (χ2v) is 5.40. The molecule has 25 heavy (non-hydrogen) atoms. The molecule has 0 radical (unpaired) electrons. The highest BCUT2D eigenvalue weighted by Gasteiger charge is 2.07. The molecule has 0 aliphatic heterocycles. The largest absolute Gasteiger partial charge is 0.496 e. The maximum absolute atomic E-state index is 11.7. The third-order valence-electron chi connectivity index (χ3n) is 3.56. The molecule has 7 heteroatoms. The fraction of sp³-hybridized carbons (Fsp3) is 0.333. The molecule has 3 N–H and O–H groups in total. The maximum Gasteiger partial charge on any atom is 0.287 e. The predicted molar refractivity (Wildman–Crippen MR) is 97.0 cm³/mol. The van der Waals surface area contributed by atoms with Gasteiger partial charge in [-0.25, -0.2) is 0 Å². The van der Waals surface area contributed by atoms with Gasteiger partial charge in [0.2, 0.25) is 0 Å². The number of aryl methyl sites for hydroxylation is 1. The van der Waals surface area contributed by atoms with Crippen molar-refractivity contribution in [3.05, 3.63) is 53.5 Å². The molecule has 0 atom stereocenters. The molecule has 134 valence electrons. The number of aliphatic imine (C=N–C) groups is 1. The van der Waals surface area contributed by atoms with Gasteiger partial charge in [0, 0.05) is 32.2 Å². The van der Waals surface area contributed by atoms with E-state index in [1.54, 1.807) is 26.3 Å². The number of methoxy groups -OCH3 is 1. The van der Waals surface area contributed by atoms with Crippen LogP contribution in [0.5, 0.6) is 5.75 Å². The molecule has 0 fully saturated rings. The summed E-state index contributed by atoms with van der Waals surface area (Å²) in [5.74, 6) is 1.55. The van der Waals surface area contributed by atoms with Crippen LogP contribution in [0, 0.1) is 6.92 Å². The molecule has 0 spiro atoms. The SMILES string of the molecule is CN=C(NCCNC(=O)c1ccco1)NCc1ccc(C)cc1OC. The summed E-state index contributed by atoms with van der Waals surface area (Å²) in [6, 6.07) is 9.37. The van der Waals surface area contributed by atoms with E-state index in [0.29, 0.717) is 31.4 Å². The van der Waals surface area contributed by atoms with Crippen molar-refractivity contribution in [2.45, 2.75) is 13.5 Å². The van der Waals surface area contributed by atoms with Crippen molar-refractivity contribution in [3.63, 3.8) is 0 Å². The number of amides is 1. The molecule has 1 aromatic carbocycles. The first-order valence-corrected chi connectivity index (χ1v) is 8.03. The van der Waals surface area contributed by atoms with Gasteiger partial charge in [-0.2, -0.15) is 0 Å². The zero-order valence-corrected chi connectivity index (χ0v) is 14.8. The molecule has 0 saturated carbocycles. The average Bonchev–Trinajstić information content (AvgIpc) is 3.16. The molecule has 0 bridgehead atoms. The molecule has 2 aromatic rings. The molecule has 1 aromatic heterocycles. The highest BCUT2D eigenvalue weighted by Crippen LogP contribution is 2.19. The van der Waals surface area contributed by atoms with Gasteiger partial charge in [-0.15, -0.1) is 0 Å². The number of furan rings is 1. The van der Waals surface area contributed by atoms with Crippen molar-refractivity contribution >= 4 is 11.9 Å². The normalized spacial score (nSPS) is 11.1. The summed E-state index contributed by atoms with van der Waals surface area (Å²) in [4.78, 5) is 15.9. The maximum atomic E-state index is 11.7. The number of carbonyl (C=O) groups is 1. The number of benzene rings is 1. The molecule has 0 saturated heterocycles. The van der Waals surface area contributed by atoms with E-state index in [4.69, 9.17) is 9.15 Å². The Balaban J connectivity index is 1.75. The van der Waals surface area contributed by atoms with Crippen LogP contribution in [0.1, 0.15) is 21.7 Å².